The fraction of sp³-hybridized carbons (Fsp3) is 0.706. The van der Waals surface area contributed by atoms with E-state index in [1.807, 2.05) is 44.3 Å². The van der Waals surface area contributed by atoms with Gasteiger partial charge in [-0.2, -0.15) is 0 Å². The molecule has 2 rings (SSSR count). The third-order valence-electron chi connectivity index (χ3n) is 3.87. The highest BCUT2D eigenvalue weighted by Crippen LogP contribution is 2.21. The summed E-state index contributed by atoms with van der Waals surface area (Å²) in [5.41, 5.74) is 0.930. The SMILES string of the molecule is CN(C)CCNC(=O)c1nc(C(=O)NC(C)(C)C)c2n1CCCC2. The Kier molecular flexibility index (Phi) is 5.64. The fourth-order valence-corrected chi connectivity index (χ4v) is 2.77. The number of imidazole rings is 1. The van der Waals surface area contributed by atoms with E-state index in [0.717, 1.165) is 38.0 Å². The first kappa shape index (κ1) is 18.4. The number of carbonyl (C=O) groups excluding carboxylic acids is 2. The van der Waals surface area contributed by atoms with E-state index in [9.17, 15) is 9.59 Å². The van der Waals surface area contributed by atoms with E-state index < -0.39 is 0 Å². The van der Waals surface area contributed by atoms with Crippen molar-refractivity contribution in [2.75, 3.05) is 27.2 Å². The van der Waals surface area contributed by atoms with Crippen molar-refractivity contribution in [3.63, 3.8) is 0 Å². The second kappa shape index (κ2) is 7.34. The van der Waals surface area contributed by atoms with Crippen LogP contribution in [0.4, 0.5) is 0 Å². The van der Waals surface area contributed by atoms with Gasteiger partial charge in [-0.15, -0.1) is 0 Å². The molecule has 1 aliphatic heterocycles. The van der Waals surface area contributed by atoms with Gasteiger partial charge in [0.15, 0.2) is 5.82 Å². The zero-order valence-electron chi connectivity index (χ0n) is 15.4. The lowest BCUT2D eigenvalue weighted by atomic mass is 10.1. The molecule has 2 heterocycles. The first-order chi connectivity index (χ1) is 11.2. The molecule has 0 atom stereocenters. The molecule has 2 amide bonds. The van der Waals surface area contributed by atoms with Gasteiger partial charge in [0.25, 0.3) is 11.8 Å². The van der Waals surface area contributed by atoms with Crippen molar-refractivity contribution in [3.8, 4) is 0 Å². The molecule has 0 radical (unpaired) electrons. The number of hydrogen-bond donors (Lipinski definition) is 2. The number of likely N-dealkylation sites (N-methyl/N-ethyl adjacent to an activating group) is 1. The van der Waals surface area contributed by atoms with Crippen LogP contribution in [-0.4, -0.2) is 59.0 Å². The topological polar surface area (TPSA) is 79.3 Å². The normalized spacial score (nSPS) is 14.4. The Balaban J connectivity index is 2.23. The van der Waals surface area contributed by atoms with Crippen LogP contribution in [0.2, 0.25) is 0 Å². The van der Waals surface area contributed by atoms with Gasteiger partial charge in [-0.25, -0.2) is 4.98 Å². The summed E-state index contributed by atoms with van der Waals surface area (Å²) in [5.74, 6) is -0.0715. The van der Waals surface area contributed by atoms with Gasteiger partial charge >= 0.3 is 0 Å². The lowest BCUT2D eigenvalue weighted by molar-refractivity contribution is 0.0913. The Labute approximate surface area is 143 Å². The molecule has 7 heteroatoms. The molecule has 1 aliphatic rings. The summed E-state index contributed by atoms with van der Waals surface area (Å²) in [5, 5.41) is 5.83. The standard InChI is InChI=1S/C17H29N5O2/c1-17(2,3)20-15(23)13-12-8-6-7-10-22(12)14(19-13)16(24)18-9-11-21(4)5/h6-11H2,1-5H3,(H,18,24)(H,20,23). The Bertz CT molecular complexity index is 613. The van der Waals surface area contributed by atoms with Gasteiger partial charge in [-0.3, -0.25) is 9.59 Å². The van der Waals surface area contributed by atoms with E-state index in [4.69, 9.17) is 0 Å². The van der Waals surface area contributed by atoms with Crippen molar-refractivity contribution in [1.29, 1.82) is 0 Å². The van der Waals surface area contributed by atoms with E-state index >= 15 is 0 Å². The summed E-state index contributed by atoms with van der Waals surface area (Å²) in [7, 11) is 3.91. The van der Waals surface area contributed by atoms with Gasteiger partial charge in [0.2, 0.25) is 0 Å². The van der Waals surface area contributed by atoms with Crippen LogP contribution < -0.4 is 10.6 Å². The minimum atomic E-state index is -0.337. The maximum atomic E-state index is 12.5. The quantitative estimate of drug-likeness (QED) is 0.843. The third-order valence-corrected chi connectivity index (χ3v) is 3.87. The molecule has 0 aromatic carbocycles. The Morgan fingerprint density at radius 2 is 1.92 bits per heavy atom. The second-order valence-electron chi connectivity index (χ2n) is 7.60. The number of carbonyl (C=O) groups is 2. The van der Waals surface area contributed by atoms with Crippen LogP contribution in [0.3, 0.4) is 0 Å². The van der Waals surface area contributed by atoms with Gasteiger partial charge in [-0.1, -0.05) is 0 Å². The molecule has 1 aromatic rings. The highest BCUT2D eigenvalue weighted by Gasteiger charge is 2.28. The molecule has 0 spiro atoms. The highest BCUT2D eigenvalue weighted by molar-refractivity contribution is 5.97. The molecule has 2 N–H and O–H groups in total. The second-order valence-corrected chi connectivity index (χ2v) is 7.60. The van der Waals surface area contributed by atoms with Crippen molar-refractivity contribution in [2.45, 2.75) is 52.1 Å². The minimum absolute atomic E-state index is 0.208. The van der Waals surface area contributed by atoms with Gasteiger partial charge < -0.3 is 20.1 Å². The summed E-state index contributed by atoms with van der Waals surface area (Å²) < 4.78 is 1.91. The number of rotatable bonds is 5. The average molecular weight is 335 g/mol. The van der Waals surface area contributed by atoms with Crippen LogP contribution in [0.5, 0.6) is 0 Å². The van der Waals surface area contributed by atoms with E-state index in [1.54, 1.807) is 0 Å². The number of fused-ring (bicyclic) bond motifs is 1. The summed E-state index contributed by atoms with van der Waals surface area (Å²) >= 11 is 0. The average Bonchev–Trinajstić information content (AvgIpc) is 2.84. The summed E-state index contributed by atoms with van der Waals surface area (Å²) in [4.78, 5) is 31.4. The van der Waals surface area contributed by atoms with Crippen LogP contribution in [0.25, 0.3) is 0 Å². The smallest absolute Gasteiger partial charge is 0.287 e. The van der Waals surface area contributed by atoms with Crippen molar-refractivity contribution in [1.82, 2.24) is 25.1 Å². The number of aromatic nitrogens is 2. The van der Waals surface area contributed by atoms with Crippen LogP contribution >= 0.6 is 0 Å². The number of hydrogen-bond acceptors (Lipinski definition) is 4. The molecule has 0 bridgehead atoms. The largest absolute Gasteiger partial charge is 0.348 e. The molecule has 0 saturated heterocycles. The Morgan fingerprint density at radius 1 is 1.21 bits per heavy atom. The maximum Gasteiger partial charge on any atom is 0.287 e. The van der Waals surface area contributed by atoms with E-state index in [1.165, 1.54) is 0 Å². The number of nitrogens with one attached hydrogen (secondary N) is 2. The van der Waals surface area contributed by atoms with Crippen LogP contribution in [0.15, 0.2) is 0 Å². The minimum Gasteiger partial charge on any atom is -0.348 e. The summed E-state index contributed by atoms with van der Waals surface area (Å²) in [6.07, 6.45) is 2.80. The molecular weight excluding hydrogens is 306 g/mol. The molecule has 7 nitrogen and oxygen atoms in total. The molecule has 134 valence electrons. The Hall–Kier alpha value is -1.89. The lowest BCUT2D eigenvalue weighted by Gasteiger charge is -2.21. The van der Waals surface area contributed by atoms with E-state index in [-0.39, 0.29) is 17.4 Å². The van der Waals surface area contributed by atoms with Gasteiger partial charge in [0, 0.05) is 25.2 Å². The monoisotopic (exact) mass is 335 g/mol. The van der Waals surface area contributed by atoms with Gasteiger partial charge in [0.1, 0.15) is 5.69 Å². The fourth-order valence-electron chi connectivity index (χ4n) is 2.77. The van der Waals surface area contributed by atoms with Gasteiger partial charge in [0.05, 0.1) is 5.69 Å². The molecule has 0 fully saturated rings. The van der Waals surface area contributed by atoms with Gasteiger partial charge in [-0.05, 0) is 54.1 Å². The number of amides is 2. The van der Waals surface area contributed by atoms with Crippen LogP contribution in [0, 0.1) is 0 Å². The Morgan fingerprint density at radius 3 is 2.54 bits per heavy atom. The van der Waals surface area contributed by atoms with Crippen LogP contribution in [0.1, 0.15) is 60.4 Å². The first-order valence-corrected chi connectivity index (χ1v) is 8.54. The molecular formula is C17H29N5O2. The lowest BCUT2D eigenvalue weighted by Crippen LogP contribution is -2.41. The van der Waals surface area contributed by atoms with E-state index in [2.05, 4.69) is 15.6 Å². The molecule has 0 saturated carbocycles. The van der Waals surface area contributed by atoms with E-state index in [0.29, 0.717) is 18.1 Å². The predicted octanol–water partition coefficient (Wildman–Crippen LogP) is 1.04. The number of nitrogens with zero attached hydrogens (tertiary/aromatic N) is 3. The summed E-state index contributed by atoms with van der Waals surface area (Å²) in [6.45, 7) is 7.85. The zero-order chi connectivity index (χ0) is 17.9. The predicted molar refractivity (Wildman–Crippen MR) is 93.3 cm³/mol. The molecule has 0 aliphatic carbocycles. The molecule has 0 unspecified atom stereocenters. The third kappa shape index (κ3) is 4.56. The maximum absolute atomic E-state index is 12.5. The summed E-state index contributed by atoms with van der Waals surface area (Å²) in [6, 6.07) is 0. The van der Waals surface area contributed by atoms with Crippen molar-refractivity contribution in [3.05, 3.63) is 17.2 Å². The van der Waals surface area contributed by atoms with Crippen molar-refractivity contribution < 1.29 is 9.59 Å². The van der Waals surface area contributed by atoms with Crippen molar-refractivity contribution >= 4 is 11.8 Å². The first-order valence-electron chi connectivity index (χ1n) is 8.54. The molecule has 24 heavy (non-hydrogen) atoms. The zero-order valence-corrected chi connectivity index (χ0v) is 15.4. The molecule has 1 aromatic heterocycles. The van der Waals surface area contributed by atoms with Crippen LogP contribution in [-0.2, 0) is 13.0 Å². The highest BCUT2D eigenvalue weighted by atomic mass is 16.2. The van der Waals surface area contributed by atoms with Crippen molar-refractivity contribution in [2.24, 2.45) is 0 Å².